The number of alkyl carbamates (subject to hydrolysis) is 1. The van der Waals surface area contributed by atoms with Gasteiger partial charge in [0, 0.05) is 20.2 Å². The van der Waals surface area contributed by atoms with E-state index in [2.05, 4.69) is 25.0 Å². The third-order valence-electron chi connectivity index (χ3n) is 3.64. The fraction of sp³-hybridized carbons (Fsp3) is 0.846. The maximum absolute atomic E-state index is 11.7. The highest BCUT2D eigenvalue weighted by Gasteiger charge is 2.32. The topological polar surface area (TPSA) is 102 Å². The monoisotopic (exact) mass is 302 g/mol. The van der Waals surface area contributed by atoms with Crippen LogP contribution in [0.1, 0.15) is 19.3 Å². The van der Waals surface area contributed by atoms with Crippen LogP contribution in [0.4, 0.5) is 4.79 Å². The first kappa shape index (κ1) is 17.0. The van der Waals surface area contributed by atoms with E-state index in [4.69, 9.17) is 15.6 Å². The number of rotatable bonds is 5. The number of carbonyl (C=O) groups is 2. The van der Waals surface area contributed by atoms with Gasteiger partial charge in [0.15, 0.2) is 0 Å². The van der Waals surface area contributed by atoms with Gasteiger partial charge in [0.2, 0.25) is 0 Å². The zero-order valence-electron chi connectivity index (χ0n) is 12.5. The number of carbonyl (C=O) groups excluding carboxylic acids is 1. The van der Waals surface area contributed by atoms with Gasteiger partial charge in [-0.15, -0.1) is 0 Å². The van der Waals surface area contributed by atoms with Crippen LogP contribution in [-0.4, -0.2) is 43.9 Å². The largest absolute Gasteiger partial charge is 0.481 e. The van der Waals surface area contributed by atoms with Crippen molar-refractivity contribution in [2.45, 2.75) is 57.0 Å². The van der Waals surface area contributed by atoms with E-state index in [-0.39, 0.29) is 12.1 Å². The molecule has 0 aromatic heterocycles. The van der Waals surface area contributed by atoms with Gasteiger partial charge in [0.25, 0.3) is 0 Å². The first-order valence-corrected chi connectivity index (χ1v) is 10.8. The van der Waals surface area contributed by atoms with E-state index in [1.54, 1.807) is 0 Å². The minimum absolute atomic E-state index is 0.190. The number of hydrogen-bond acceptors (Lipinski definition) is 4. The molecule has 20 heavy (non-hydrogen) atoms. The Balaban J connectivity index is 2.31. The zero-order chi connectivity index (χ0) is 15.3. The van der Waals surface area contributed by atoms with Gasteiger partial charge in [-0.1, -0.05) is 19.6 Å². The van der Waals surface area contributed by atoms with Gasteiger partial charge in [-0.05, 0) is 25.3 Å². The Bertz CT molecular complexity index is 357. The minimum Gasteiger partial charge on any atom is -0.481 e. The van der Waals surface area contributed by atoms with Crippen molar-refractivity contribution in [1.82, 2.24) is 5.32 Å². The number of nitrogens with one attached hydrogen (secondary N) is 1. The van der Waals surface area contributed by atoms with Crippen LogP contribution in [0.25, 0.3) is 0 Å². The van der Waals surface area contributed by atoms with Crippen LogP contribution in [-0.2, 0) is 9.53 Å². The maximum atomic E-state index is 11.7. The molecule has 0 aromatic carbocycles. The standard InChI is InChI=1S/C13H26N2O4Si/c1-20(2,3)7-6-19-13(18)15-11-5-4-9(12(16)17)8-10(11)14/h9-11H,4-8,14H2,1-3H3,(H,15,18)(H,16,17). The van der Waals surface area contributed by atoms with Gasteiger partial charge in [-0.3, -0.25) is 4.79 Å². The first-order valence-electron chi connectivity index (χ1n) is 7.11. The molecule has 1 amide bonds. The molecule has 0 aliphatic heterocycles. The molecule has 3 unspecified atom stereocenters. The van der Waals surface area contributed by atoms with Crippen molar-refractivity contribution >= 4 is 20.1 Å². The molecule has 0 spiro atoms. The molecule has 6 nitrogen and oxygen atoms in total. The lowest BCUT2D eigenvalue weighted by Crippen LogP contribution is -2.52. The molecule has 0 bridgehead atoms. The number of nitrogens with two attached hydrogens (primary N) is 1. The molecule has 0 saturated heterocycles. The Hall–Kier alpha value is -1.08. The Labute approximate surface area is 121 Å². The second-order valence-corrected chi connectivity index (χ2v) is 12.3. The van der Waals surface area contributed by atoms with E-state index in [1.807, 2.05) is 0 Å². The second kappa shape index (κ2) is 7.08. The third-order valence-corrected chi connectivity index (χ3v) is 5.34. The van der Waals surface area contributed by atoms with Crippen LogP contribution in [0.5, 0.6) is 0 Å². The summed E-state index contributed by atoms with van der Waals surface area (Å²) in [4.78, 5) is 22.6. The van der Waals surface area contributed by atoms with E-state index < -0.39 is 26.1 Å². The van der Waals surface area contributed by atoms with Gasteiger partial charge < -0.3 is 20.9 Å². The van der Waals surface area contributed by atoms with Gasteiger partial charge in [-0.2, -0.15) is 0 Å². The summed E-state index contributed by atoms with van der Waals surface area (Å²) >= 11 is 0. The molecule has 1 fully saturated rings. The normalized spacial score (nSPS) is 26.9. The molecule has 1 rings (SSSR count). The molecule has 0 heterocycles. The number of hydrogen-bond donors (Lipinski definition) is 3. The highest BCUT2D eigenvalue weighted by Crippen LogP contribution is 2.23. The third kappa shape index (κ3) is 5.92. The lowest BCUT2D eigenvalue weighted by Gasteiger charge is -2.32. The van der Waals surface area contributed by atoms with Crippen molar-refractivity contribution < 1.29 is 19.4 Å². The Morgan fingerprint density at radius 1 is 1.35 bits per heavy atom. The molecule has 0 aromatic rings. The van der Waals surface area contributed by atoms with Crippen molar-refractivity contribution in [2.24, 2.45) is 11.7 Å². The fourth-order valence-electron chi connectivity index (χ4n) is 2.25. The molecule has 0 radical (unpaired) electrons. The van der Waals surface area contributed by atoms with Gasteiger partial charge in [-0.25, -0.2) is 4.79 Å². The van der Waals surface area contributed by atoms with Crippen LogP contribution in [0.15, 0.2) is 0 Å². The second-order valence-electron chi connectivity index (χ2n) is 6.71. The van der Waals surface area contributed by atoms with E-state index in [0.717, 1.165) is 6.04 Å². The van der Waals surface area contributed by atoms with Crippen molar-refractivity contribution in [3.05, 3.63) is 0 Å². The number of amides is 1. The van der Waals surface area contributed by atoms with Gasteiger partial charge in [0.1, 0.15) is 0 Å². The SMILES string of the molecule is C[Si](C)(C)CCOC(=O)NC1CCC(C(=O)O)CC1N. The summed E-state index contributed by atoms with van der Waals surface area (Å²) < 4.78 is 5.16. The smallest absolute Gasteiger partial charge is 0.407 e. The minimum atomic E-state index is -1.21. The van der Waals surface area contributed by atoms with Gasteiger partial charge in [0.05, 0.1) is 12.5 Å². The number of ether oxygens (including phenoxy) is 1. The van der Waals surface area contributed by atoms with E-state index in [1.165, 1.54) is 0 Å². The summed E-state index contributed by atoms with van der Waals surface area (Å²) in [6.07, 6.45) is 1.08. The Morgan fingerprint density at radius 3 is 2.50 bits per heavy atom. The van der Waals surface area contributed by atoms with Crippen molar-refractivity contribution in [1.29, 1.82) is 0 Å². The van der Waals surface area contributed by atoms with E-state index >= 15 is 0 Å². The molecule has 7 heteroatoms. The van der Waals surface area contributed by atoms with E-state index in [0.29, 0.717) is 25.9 Å². The summed E-state index contributed by atoms with van der Waals surface area (Å²) in [6, 6.07) is 0.414. The number of carboxylic acid groups (broad SMARTS) is 1. The Kier molecular flexibility index (Phi) is 6.00. The zero-order valence-corrected chi connectivity index (χ0v) is 13.5. The first-order chi connectivity index (χ1) is 9.19. The van der Waals surface area contributed by atoms with Crippen LogP contribution in [0.2, 0.25) is 25.7 Å². The van der Waals surface area contributed by atoms with Crippen molar-refractivity contribution in [3.8, 4) is 0 Å². The lowest BCUT2D eigenvalue weighted by atomic mass is 9.83. The number of aliphatic carboxylic acids is 1. The molecule has 4 N–H and O–H groups in total. The summed E-state index contributed by atoms with van der Waals surface area (Å²) in [5.74, 6) is -1.21. The predicted octanol–water partition coefficient (Wildman–Crippen LogP) is 1.63. The molecular weight excluding hydrogens is 276 g/mol. The fourth-order valence-corrected chi connectivity index (χ4v) is 2.97. The highest BCUT2D eigenvalue weighted by atomic mass is 28.3. The molecular formula is C13H26N2O4Si. The van der Waals surface area contributed by atoms with Crippen LogP contribution in [0, 0.1) is 5.92 Å². The molecule has 1 aliphatic rings. The van der Waals surface area contributed by atoms with Crippen LogP contribution in [0.3, 0.4) is 0 Å². The van der Waals surface area contributed by atoms with Crippen LogP contribution < -0.4 is 11.1 Å². The van der Waals surface area contributed by atoms with E-state index in [9.17, 15) is 9.59 Å². The lowest BCUT2D eigenvalue weighted by molar-refractivity contribution is -0.143. The Morgan fingerprint density at radius 2 is 2.00 bits per heavy atom. The van der Waals surface area contributed by atoms with Crippen molar-refractivity contribution in [2.75, 3.05) is 6.61 Å². The maximum Gasteiger partial charge on any atom is 0.407 e. The quantitative estimate of drug-likeness (QED) is 0.670. The molecule has 1 aliphatic carbocycles. The average Bonchev–Trinajstić information content (AvgIpc) is 2.29. The van der Waals surface area contributed by atoms with Crippen molar-refractivity contribution in [3.63, 3.8) is 0 Å². The summed E-state index contributed by atoms with van der Waals surface area (Å²) in [6.45, 7) is 7.09. The van der Waals surface area contributed by atoms with Crippen LogP contribution >= 0.6 is 0 Å². The summed E-state index contributed by atoms with van der Waals surface area (Å²) in [5.41, 5.74) is 5.93. The molecule has 1 saturated carbocycles. The summed E-state index contributed by atoms with van der Waals surface area (Å²) in [7, 11) is -1.21. The summed E-state index contributed by atoms with van der Waals surface area (Å²) in [5, 5.41) is 11.7. The predicted molar refractivity (Wildman–Crippen MR) is 79.4 cm³/mol. The average molecular weight is 302 g/mol. The highest BCUT2D eigenvalue weighted by molar-refractivity contribution is 6.76. The van der Waals surface area contributed by atoms with Gasteiger partial charge >= 0.3 is 12.1 Å². The molecule has 3 atom stereocenters. The molecule has 116 valence electrons. The number of carboxylic acids is 1.